The molecule has 26 heavy (non-hydrogen) atoms. The lowest BCUT2D eigenvalue weighted by atomic mass is 10.2. The zero-order valence-electron chi connectivity index (χ0n) is 14.6. The summed E-state index contributed by atoms with van der Waals surface area (Å²) >= 11 is 0. The molecule has 0 aliphatic carbocycles. The van der Waals surface area contributed by atoms with Crippen molar-refractivity contribution in [2.75, 3.05) is 16.4 Å². The summed E-state index contributed by atoms with van der Waals surface area (Å²) in [6.07, 6.45) is 3.41. The molecule has 0 spiro atoms. The Morgan fingerprint density at radius 1 is 1.12 bits per heavy atom. The van der Waals surface area contributed by atoms with E-state index in [1.54, 1.807) is 42.7 Å². The number of nitrogens with two attached hydrogens (primary N) is 1. The van der Waals surface area contributed by atoms with E-state index in [2.05, 4.69) is 25.6 Å². The second kappa shape index (κ2) is 7.60. The fourth-order valence-electron chi connectivity index (χ4n) is 2.32. The molecule has 3 rings (SSSR count). The zero-order chi connectivity index (χ0) is 18.5. The number of carbonyl (C=O) groups excluding carboxylic acids is 1. The maximum atomic E-state index is 12.5. The van der Waals surface area contributed by atoms with Crippen LogP contribution in [0, 0.1) is 0 Å². The second-order valence-electron chi connectivity index (χ2n) is 6.08. The number of hydrogen-bond acceptors (Lipinski definition) is 6. The van der Waals surface area contributed by atoms with E-state index >= 15 is 0 Å². The van der Waals surface area contributed by atoms with Crippen molar-refractivity contribution in [1.29, 1.82) is 0 Å². The minimum atomic E-state index is -0.267. The van der Waals surface area contributed by atoms with Crippen molar-refractivity contribution < 1.29 is 4.79 Å². The highest BCUT2D eigenvalue weighted by atomic mass is 16.1. The van der Waals surface area contributed by atoms with Gasteiger partial charge in [-0.3, -0.25) is 9.78 Å². The van der Waals surface area contributed by atoms with Gasteiger partial charge in [-0.15, -0.1) is 0 Å². The van der Waals surface area contributed by atoms with E-state index in [0.29, 0.717) is 28.7 Å². The second-order valence-corrected chi connectivity index (χ2v) is 6.08. The molecule has 0 fully saturated rings. The molecule has 0 saturated carbocycles. The number of rotatable bonds is 5. The number of nitrogens with one attached hydrogen (secondary N) is 2. The van der Waals surface area contributed by atoms with Gasteiger partial charge in [0, 0.05) is 41.3 Å². The van der Waals surface area contributed by atoms with Gasteiger partial charge in [-0.05, 0) is 50.2 Å². The Morgan fingerprint density at radius 2 is 1.88 bits per heavy atom. The lowest BCUT2D eigenvalue weighted by Crippen LogP contribution is -2.16. The summed E-state index contributed by atoms with van der Waals surface area (Å²) in [6.45, 7) is 3.99. The molecule has 0 aliphatic rings. The summed E-state index contributed by atoms with van der Waals surface area (Å²) in [5.74, 6) is 0.578. The molecule has 2 aromatic heterocycles. The van der Waals surface area contributed by atoms with Crippen LogP contribution in [-0.2, 0) is 0 Å². The summed E-state index contributed by atoms with van der Waals surface area (Å²) in [4.78, 5) is 25.5. The van der Waals surface area contributed by atoms with E-state index in [1.807, 2.05) is 26.0 Å². The topological polar surface area (TPSA) is 106 Å². The van der Waals surface area contributed by atoms with Gasteiger partial charge in [-0.2, -0.15) is 4.98 Å². The van der Waals surface area contributed by atoms with Gasteiger partial charge in [0.1, 0.15) is 5.82 Å². The monoisotopic (exact) mass is 348 g/mol. The maximum absolute atomic E-state index is 12.5. The molecular formula is C19H20N6O. The summed E-state index contributed by atoms with van der Waals surface area (Å²) < 4.78 is 0. The Bertz CT molecular complexity index is 894. The number of aromatic nitrogens is 3. The Morgan fingerprint density at radius 3 is 2.54 bits per heavy atom. The van der Waals surface area contributed by atoms with Crippen LogP contribution in [0.25, 0.3) is 11.3 Å². The third-order valence-corrected chi connectivity index (χ3v) is 3.52. The van der Waals surface area contributed by atoms with Crippen molar-refractivity contribution in [3.8, 4) is 11.3 Å². The van der Waals surface area contributed by atoms with Crippen LogP contribution in [-0.4, -0.2) is 26.9 Å². The number of benzene rings is 1. The number of pyridine rings is 1. The summed E-state index contributed by atoms with van der Waals surface area (Å²) in [5, 5.41) is 5.98. The van der Waals surface area contributed by atoms with Crippen molar-refractivity contribution >= 4 is 23.4 Å². The van der Waals surface area contributed by atoms with E-state index in [1.165, 1.54) is 0 Å². The molecule has 1 amide bonds. The largest absolute Gasteiger partial charge is 0.399 e. The number of hydrogen-bond donors (Lipinski definition) is 3. The lowest BCUT2D eigenvalue weighted by Gasteiger charge is -2.12. The van der Waals surface area contributed by atoms with Gasteiger partial charge in [0.2, 0.25) is 5.95 Å². The summed E-state index contributed by atoms with van der Waals surface area (Å²) in [7, 11) is 0. The Labute approximate surface area is 151 Å². The molecular weight excluding hydrogens is 328 g/mol. The minimum Gasteiger partial charge on any atom is -0.399 e. The summed E-state index contributed by atoms with van der Waals surface area (Å²) in [6, 6.07) is 12.3. The molecule has 2 heterocycles. The molecule has 7 nitrogen and oxygen atoms in total. The van der Waals surface area contributed by atoms with Crippen molar-refractivity contribution in [1.82, 2.24) is 15.0 Å². The van der Waals surface area contributed by atoms with Crippen LogP contribution >= 0.6 is 0 Å². The Kier molecular flexibility index (Phi) is 5.07. The van der Waals surface area contributed by atoms with Crippen LogP contribution in [0.2, 0.25) is 0 Å². The zero-order valence-corrected chi connectivity index (χ0v) is 14.6. The molecule has 1 aromatic carbocycles. The van der Waals surface area contributed by atoms with Gasteiger partial charge >= 0.3 is 0 Å². The minimum absolute atomic E-state index is 0.153. The maximum Gasteiger partial charge on any atom is 0.256 e. The number of anilines is 3. The van der Waals surface area contributed by atoms with Crippen molar-refractivity contribution in [2.24, 2.45) is 0 Å². The van der Waals surface area contributed by atoms with Crippen LogP contribution < -0.4 is 16.4 Å². The first-order valence-corrected chi connectivity index (χ1v) is 8.24. The predicted molar refractivity (Wildman–Crippen MR) is 103 cm³/mol. The average Bonchev–Trinajstić information content (AvgIpc) is 2.62. The highest BCUT2D eigenvalue weighted by Gasteiger charge is 2.11. The molecule has 0 bridgehead atoms. The van der Waals surface area contributed by atoms with Crippen LogP contribution in [0.5, 0.6) is 0 Å². The van der Waals surface area contributed by atoms with Crippen LogP contribution in [0.3, 0.4) is 0 Å². The third kappa shape index (κ3) is 4.32. The molecule has 0 saturated heterocycles. The van der Waals surface area contributed by atoms with E-state index < -0.39 is 0 Å². The van der Waals surface area contributed by atoms with E-state index in [9.17, 15) is 4.79 Å². The van der Waals surface area contributed by atoms with Gasteiger partial charge < -0.3 is 16.4 Å². The normalized spacial score (nSPS) is 10.6. The quantitative estimate of drug-likeness (QED) is 0.612. The number of amides is 1. The van der Waals surface area contributed by atoms with Crippen molar-refractivity contribution in [2.45, 2.75) is 19.9 Å². The number of carbonyl (C=O) groups is 1. The molecule has 0 aliphatic heterocycles. The summed E-state index contributed by atoms with van der Waals surface area (Å²) in [5.41, 5.74) is 8.27. The highest BCUT2D eigenvalue weighted by Crippen LogP contribution is 2.21. The van der Waals surface area contributed by atoms with E-state index in [0.717, 1.165) is 5.56 Å². The van der Waals surface area contributed by atoms with Crippen molar-refractivity contribution in [3.05, 3.63) is 60.4 Å². The predicted octanol–water partition coefficient (Wildman–Crippen LogP) is 3.19. The first-order chi connectivity index (χ1) is 12.5. The fourth-order valence-corrected chi connectivity index (χ4v) is 2.32. The molecule has 0 radical (unpaired) electrons. The van der Waals surface area contributed by atoms with Crippen LogP contribution in [0.1, 0.15) is 24.2 Å². The molecule has 0 unspecified atom stereocenters. The Hall–Kier alpha value is -3.48. The molecule has 4 N–H and O–H groups in total. The van der Waals surface area contributed by atoms with Crippen molar-refractivity contribution in [3.63, 3.8) is 0 Å². The van der Waals surface area contributed by atoms with Gasteiger partial charge in [-0.25, -0.2) is 4.98 Å². The number of nitrogens with zero attached hydrogens (tertiary/aromatic N) is 3. The SMILES string of the molecule is CC(C)Nc1nc(NC(=O)c2ccc(N)cc2)cc(-c2cccnc2)n1. The third-order valence-electron chi connectivity index (χ3n) is 3.52. The van der Waals surface area contributed by atoms with Crippen LogP contribution in [0.4, 0.5) is 17.5 Å². The Balaban J connectivity index is 1.92. The fraction of sp³-hybridized carbons (Fsp3) is 0.158. The van der Waals surface area contributed by atoms with E-state index in [-0.39, 0.29) is 11.9 Å². The molecule has 132 valence electrons. The average molecular weight is 348 g/mol. The van der Waals surface area contributed by atoms with Gasteiger partial charge in [0.15, 0.2) is 0 Å². The first-order valence-electron chi connectivity index (χ1n) is 8.24. The highest BCUT2D eigenvalue weighted by molar-refractivity contribution is 6.04. The lowest BCUT2D eigenvalue weighted by molar-refractivity contribution is 0.102. The smallest absolute Gasteiger partial charge is 0.256 e. The van der Waals surface area contributed by atoms with E-state index in [4.69, 9.17) is 5.73 Å². The molecule has 3 aromatic rings. The molecule has 0 atom stereocenters. The first kappa shape index (κ1) is 17.3. The van der Waals surface area contributed by atoms with Crippen LogP contribution in [0.15, 0.2) is 54.9 Å². The molecule has 7 heteroatoms. The van der Waals surface area contributed by atoms with Gasteiger partial charge in [0.05, 0.1) is 5.69 Å². The van der Waals surface area contributed by atoms with Gasteiger partial charge in [-0.1, -0.05) is 0 Å². The number of nitrogen functional groups attached to an aromatic ring is 1. The van der Waals surface area contributed by atoms with Gasteiger partial charge in [0.25, 0.3) is 5.91 Å². The standard InChI is InChI=1S/C19H20N6O/c1-12(2)22-19-23-16(14-4-3-9-21-11-14)10-17(25-19)24-18(26)13-5-7-15(20)8-6-13/h3-12H,20H2,1-2H3,(H2,22,23,24,25,26).